The second kappa shape index (κ2) is 5.59. The van der Waals surface area contributed by atoms with E-state index in [1.807, 2.05) is 0 Å². The fraction of sp³-hybridized carbons (Fsp3) is 0.917. The first-order chi connectivity index (χ1) is 9.57. The summed E-state index contributed by atoms with van der Waals surface area (Å²) in [6.07, 6.45) is 2.04. The van der Waals surface area contributed by atoms with Gasteiger partial charge in [0.2, 0.25) is 5.91 Å². The van der Waals surface area contributed by atoms with E-state index in [-0.39, 0.29) is 17.9 Å². The van der Waals surface area contributed by atoms with E-state index in [4.69, 9.17) is 0 Å². The van der Waals surface area contributed by atoms with Crippen molar-refractivity contribution in [2.24, 2.45) is 5.92 Å². The Kier molecular flexibility index (Phi) is 3.98. The Morgan fingerprint density at radius 2 is 1.80 bits per heavy atom. The monoisotopic (exact) mass is 302 g/mol. The summed E-state index contributed by atoms with van der Waals surface area (Å²) in [6.45, 7) is 3.57. The zero-order valence-electron chi connectivity index (χ0n) is 11.5. The molecule has 0 aromatic heterocycles. The molecule has 3 fully saturated rings. The molecule has 114 valence electrons. The third kappa shape index (κ3) is 2.69. The molecule has 0 spiro atoms. The van der Waals surface area contributed by atoms with Gasteiger partial charge in [-0.1, -0.05) is 0 Å². The van der Waals surface area contributed by atoms with Gasteiger partial charge in [0.15, 0.2) is 0 Å². The molecule has 0 aromatic carbocycles. The van der Waals surface area contributed by atoms with Gasteiger partial charge in [-0.2, -0.15) is 17.0 Å². The fourth-order valence-electron chi connectivity index (χ4n) is 3.32. The number of nitrogens with one attached hydrogen (secondary N) is 2. The minimum absolute atomic E-state index is 0.102. The van der Waals surface area contributed by atoms with Gasteiger partial charge in [0.1, 0.15) is 0 Å². The molecule has 3 aliphatic rings. The molecular weight excluding hydrogens is 280 g/mol. The van der Waals surface area contributed by atoms with E-state index in [1.54, 1.807) is 8.61 Å². The van der Waals surface area contributed by atoms with Crippen molar-refractivity contribution in [3.63, 3.8) is 0 Å². The van der Waals surface area contributed by atoms with Crippen molar-refractivity contribution in [2.75, 3.05) is 39.3 Å². The number of piperidine rings is 2. The molecule has 0 bridgehead atoms. The Hall–Kier alpha value is -0.700. The highest BCUT2D eigenvalue weighted by Gasteiger charge is 2.39. The number of rotatable bonds is 2. The summed E-state index contributed by atoms with van der Waals surface area (Å²) >= 11 is 0. The van der Waals surface area contributed by atoms with Gasteiger partial charge < -0.3 is 10.6 Å². The first-order valence-corrected chi connectivity index (χ1v) is 8.72. The third-order valence-corrected chi connectivity index (χ3v) is 6.52. The van der Waals surface area contributed by atoms with E-state index >= 15 is 0 Å². The molecule has 0 aliphatic carbocycles. The average molecular weight is 302 g/mol. The standard InChI is InChI=1S/C12H22N4O3S/c17-12-2-1-10-9-16(6-3-11(10)14-12)20(18,19)15-7-4-13-5-8-15/h10-11,13H,1-9H2,(H,14,17). The van der Waals surface area contributed by atoms with Crippen molar-refractivity contribution in [3.8, 4) is 0 Å². The normalized spacial score (nSPS) is 33.5. The molecule has 7 nitrogen and oxygen atoms in total. The molecule has 8 heteroatoms. The van der Waals surface area contributed by atoms with Gasteiger partial charge in [0, 0.05) is 51.7 Å². The van der Waals surface area contributed by atoms with Gasteiger partial charge in [-0.15, -0.1) is 0 Å². The maximum absolute atomic E-state index is 12.6. The molecule has 20 heavy (non-hydrogen) atoms. The molecule has 3 rings (SSSR count). The van der Waals surface area contributed by atoms with Crippen LogP contribution < -0.4 is 10.6 Å². The Labute approximate surface area is 119 Å². The quantitative estimate of drug-likeness (QED) is 0.667. The van der Waals surface area contributed by atoms with E-state index in [0.29, 0.717) is 32.6 Å². The minimum Gasteiger partial charge on any atom is -0.353 e. The molecule has 0 aromatic rings. The highest BCUT2D eigenvalue weighted by Crippen LogP contribution is 2.27. The van der Waals surface area contributed by atoms with E-state index < -0.39 is 10.2 Å². The molecule has 3 saturated heterocycles. The Bertz CT molecular complexity index is 475. The zero-order valence-corrected chi connectivity index (χ0v) is 12.4. The van der Waals surface area contributed by atoms with Crippen LogP contribution in [-0.2, 0) is 15.0 Å². The predicted octanol–water partition coefficient (Wildman–Crippen LogP) is -1.26. The summed E-state index contributed by atoms with van der Waals surface area (Å²) in [5, 5.41) is 6.15. The third-order valence-electron chi connectivity index (χ3n) is 4.51. The molecule has 3 aliphatic heterocycles. The van der Waals surface area contributed by atoms with Crippen molar-refractivity contribution >= 4 is 16.1 Å². The van der Waals surface area contributed by atoms with E-state index in [9.17, 15) is 13.2 Å². The summed E-state index contributed by atoms with van der Waals surface area (Å²) in [6, 6.07) is 0.158. The summed E-state index contributed by atoms with van der Waals surface area (Å²) in [7, 11) is -3.34. The van der Waals surface area contributed by atoms with Gasteiger partial charge in [0.25, 0.3) is 10.2 Å². The molecule has 0 saturated carbocycles. The van der Waals surface area contributed by atoms with Crippen LogP contribution >= 0.6 is 0 Å². The maximum Gasteiger partial charge on any atom is 0.282 e. The van der Waals surface area contributed by atoms with Crippen LogP contribution in [0.25, 0.3) is 0 Å². The number of hydrogen-bond donors (Lipinski definition) is 2. The molecule has 2 N–H and O–H groups in total. The minimum atomic E-state index is -3.34. The summed E-state index contributed by atoms with van der Waals surface area (Å²) in [4.78, 5) is 11.4. The first-order valence-electron chi connectivity index (χ1n) is 7.32. The lowest BCUT2D eigenvalue weighted by Gasteiger charge is -2.42. The van der Waals surface area contributed by atoms with Crippen LogP contribution in [-0.4, -0.2) is 68.2 Å². The number of carbonyl (C=O) groups is 1. The van der Waals surface area contributed by atoms with E-state index in [0.717, 1.165) is 25.9 Å². The Morgan fingerprint density at radius 3 is 2.55 bits per heavy atom. The fourth-order valence-corrected chi connectivity index (χ4v) is 5.01. The first kappa shape index (κ1) is 14.2. The number of hydrogen-bond acceptors (Lipinski definition) is 4. The largest absolute Gasteiger partial charge is 0.353 e. The number of carbonyl (C=O) groups excluding carboxylic acids is 1. The number of fused-ring (bicyclic) bond motifs is 1. The Morgan fingerprint density at radius 1 is 1.05 bits per heavy atom. The van der Waals surface area contributed by atoms with Crippen molar-refractivity contribution in [1.82, 2.24) is 19.2 Å². The van der Waals surface area contributed by atoms with Gasteiger partial charge in [0.05, 0.1) is 0 Å². The van der Waals surface area contributed by atoms with Crippen molar-refractivity contribution < 1.29 is 13.2 Å². The maximum atomic E-state index is 12.6. The lowest BCUT2D eigenvalue weighted by molar-refractivity contribution is -0.124. The van der Waals surface area contributed by atoms with Crippen molar-refractivity contribution in [2.45, 2.75) is 25.3 Å². The van der Waals surface area contributed by atoms with E-state index in [2.05, 4.69) is 10.6 Å². The zero-order chi connectivity index (χ0) is 14.2. The molecule has 0 radical (unpaired) electrons. The van der Waals surface area contributed by atoms with Crippen LogP contribution in [0.2, 0.25) is 0 Å². The van der Waals surface area contributed by atoms with Crippen LogP contribution in [0.1, 0.15) is 19.3 Å². The van der Waals surface area contributed by atoms with Crippen molar-refractivity contribution in [3.05, 3.63) is 0 Å². The molecule has 1 amide bonds. The SMILES string of the molecule is O=C1CCC2CN(S(=O)(=O)N3CCNCC3)CCC2N1. The smallest absolute Gasteiger partial charge is 0.282 e. The van der Waals surface area contributed by atoms with Gasteiger partial charge in [-0.05, 0) is 18.8 Å². The topological polar surface area (TPSA) is 81.8 Å². The number of nitrogens with zero attached hydrogens (tertiary/aromatic N) is 2. The van der Waals surface area contributed by atoms with Gasteiger partial charge in [-0.25, -0.2) is 0 Å². The van der Waals surface area contributed by atoms with Crippen LogP contribution in [0.15, 0.2) is 0 Å². The second-order valence-electron chi connectivity index (χ2n) is 5.78. The Balaban J connectivity index is 1.67. The predicted molar refractivity (Wildman–Crippen MR) is 74.2 cm³/mol. The molecule has 2 atom stereocenters. The van der Waals surface area contributed by atoms with Crippen molar-refractivity contribution in [1.29, 1.82) is 0 Å². The molecular formula is C12H22N4O3S. The summed E-state index contributed by atoms with van der Waals surface area (Å²) < 4.78 is 28.4. The van der Waals surface area contributed by atoms with Gasteiger partial charge >= 0.3 is 0 Å². The number of amides is 1. The second-order valence-corrected chi connectivity index (χ2v) is 7.70. The molecule has 2 unspecified atom stereocenters. The number of piperazine rings is 1. The highest BCUT2D eigenvalue weighted by molar-refractivity contribution is 7.86. The lowest BCUT2D eigenvalue weighted by Crippen LogP contribution is -2.58. The van der Waals surface area contributed by atoms with Crippen LogP contribution in [0, 0.1) is 5.92 Å². The van der Waals surface area contributed by atoms with Crippen LogP contribution in [0.5, 0.6) is 0 Å². The van der Waals surface area contributed by atoms with Gasteiger partial charge in [-0.3, -0.25) is 4.79 Å². The van der Waals surface area contributed by atoms with Crippen LogP contribution in [0.3, 0.4) is 0 Å². The molecule has 3 heterocycles. The summed E-state index contributed by atoms with van der Waals surface area (Å²) in [5.74, 6) is 0.365. The highest BCUT2D eigenvalue weighted by atomic mass is 32.2. The average Bonchev–Trinajstić information content (AvgIpc) is 2.47. The van der Waals surface area contributed by atoms with E-state index in [1.165, 1.54) is 0 Å². The van der Waals surface area contributed by atoms with Crippen LogP contribution in [0.4, 0.5) is 0 Å². The lowest BCUT2D eigenvalue weighted by atomic mass is 9.86. The summed E-state index contributed by atoms with van der Waals surface area (Å²) in [5.41, 5.74) is 0.